The zero-order chi connectivity index (χ0) is 10.7. The molecule has 0 aromatic heterocycles. The predicted octanol–water partition coefficient (Wildman–Crippen LogP) is 3.50. The molecule has 3 heteroatoms. The summed E-state index contributed by atoms with van der Waals surface area (Å²) in [4.78, 5) is 0. The highest BCUT2D eigenvalue weighted by atomic mass is 79.9. The van der Waals surface area contributed by atoms with Gasteiger partial charge < -0.3 is 4.74 Å². The summed E-state index contributed by atoms with van der Waals surface area (Å²) in [6, 6.07) is 7.65. The van der Waals surface area contributed by atoms with Crippen LogP contribution in [0.5, 0.6) is 5.75 Å². The summed E-state index contributed by atoms with van der Waals surface area (Å²) < 4.78 is 6.46. The molecule has 1 saturated carbocycles. The van der Waals surface area contributed by atoms with E-state index in [9.17, 15) is 0 Å². The maximum Gasteiger partial charge on any atom is 0.120 e. The molecule has 15 heavy (non-hydrogen) atoms. The third-order valence-corrected chi connectivity index (χ3v) is 3.46. The van der Waals surface area contributed by atoms with E-state index >= 15 is 0 Å². The Hall–Kier alpha value is -1.01. The van der Waals surface area contributed by atoms with E-state index in [0.717, 1.165) is 22.7 Å². The van der Waals surface area contributed by atoms with Crippen molar-refractivity contribution < 1.29 is 4.74 Å². The van der Waals surface area contributed by atoms with Crippen LogP contribution in [0.3, 0.4) is 0 Å². The lowest BCUT2D eigenvalue weighted by Gasteiger charge is -2.25. The average Bonchev–Trinajstić information content (AvgIpc) is 2.18. The summed E-state index contributed by atoms with van der Waals surface area (Å²) in [5, 5.41) is 8.84. The largest absolute Gasteiger partial charge is 0.493 e. The number of hydrogen-bond acceptors (Lipinski definition) is 2. The van der Waals surface area contributed by atoms with Crippen LogP contribution >= 0.6 is 15.9 Å². The van der Waals surface area contributed by atoms with E-state index in [-0.39, 0.29) is 0 Å². The molecule has 1 aliphatic rings. The van der Waals surface area contributed by atoms with Crippen LogP contribution in [0.4, 0.5) is 0 Å². The second-order valence-corrected chi connectivity index (χ2v) is 4.72. The number of rotatable bonds is 3. The molecule has 78 valence electrons. The van der Waals surface area contributed by atoms with Gasteiger partial charge in [-0.05, 0) is 52.9 Å². The molecular weight excluding hydrogens is 254 g/mol. The Bertz CT molecular complexity index is 393. The van der Waals surface area contributed by atoms with Crippen LogP contribution in [-0.4, -0.2) is 6.61 Å². The molecule has 1 fully saturated rings. The van der Waals surface area contributed by atoms with E-state index in [1.54, 1.807) is 6.07 Å². The first-order valence-electron chi connectivity index (χ1n) is 5.12. The van der Waals surface area contributed by atoms with E-state index in [1.807, 2.05) is 12.1 Å². The number of nitrogens with zero attached hydrogens (tertiary/aromatic N) is 1. The van der Waals surface area contributed by atoms with Gasteiger partial charge in [0.15, 0.2) is 0 Å². The van der Waals surface area contributed by atoms with Crippen molar-refractivity contribution in [1.29, 1.82) is 5.26 Å². The van der Waals surface area contributed by atoms with Crippen LogP contribution in [0.15, 0.2) is 22.7 Å². The van der Waals surface area contributed by atoms with Crippen molar-refractivity contribution >= 4 is 15.9 Å². The second kappa shape index (κ2) is 4.67. The van der Waals surface area contributed by atoms with Crippen molar-refractivity contribution in [3.05, 3.63) is 28.2 Å². The Morgan fingerprint density at radius 3 is 2.87 bits per heavy atom. The fraction of sp³-hybridized carbons (Fsp3) is 0.417. The van der Waals surface area contributed by atoms with E-state index in [2.05, 4.69) is 22.0 Å². The Balaban J connectivity index is 1.99. The minimum atomic E-state index is 0.626. The summed E-state index contributed by atoms with van der Waals surface area (Å²) in [6.45, 7) is 0.784. The summed E-state index contributed by atoms with van der Waals surface area (Å²) in [7, 11) is 0. The highest BCUT2D eigenvalue weighted by Gasteiger charge is 2.17. The molecule has 1 aliphatic carbocycles. The van der Waals surface area contributed by atoms with Gasteiger partial charge in [-0.3, -0.25) is 0 Å². The maximum atomic E-state index is 8.84. The third kappa shape index (κ3) is 2.51. The van der Waals surface area contributed by atoms with Gasteiger partial charge in [-0.1, -0.05) is 6.42 Å². The first kappa shape index (κ1) is 10.5. The van der Waals surface area contributed by atoms with Gasteiger partial charge in [0.25, 0.3) is 0 Å². The van der Waals surface area contributed by atoms with Crippen molar-refractivity contribution in [2.75, 3.05) is 6.61 Å². The normalized spacial score (nSPS) is 15.5. The minimum Gasteiger partial charge on any atom is -0.493 e. The molecule has 1 aromatic rings. The first-order chi connectivity index (χ1) is 7.29. The Morgan fingerprint density at radius 1 is 1.47 bits per heavy atom. The highest BCUT2D eigenvalue weighted by molar-refractivity contribution is 9.10. The van der Waals surface area contributed by atoms with Crippen LogP contribution in [0.25, 0.3) is 0 Å². The van der Waals surface area contributed by atoms with Gasteiger partial charge in [0.05, 0.1) is 12.2 Å². The topological polar surface area (TPSA) is 33.0 Å². The second-order valence-electron chi connectivity index (χ2n) is 3.86. The first-order valence-corrected chi connectivity index (χ1v) is 5.91. The number of benzene rings is 1. The van der Waals surface area contributed by atoms with E-state index in [0.29, 0.717) is 5.56 Å². The number of halogens is 1. The minimum absolute atomic E-state index is 0.626. The lowest BCUT2D eigenvalue weighted by atomic mass is 9.86. The smallest absolute Gasteiger partial charge is 0.120 e. The summed E-state index contributed by atoms with van der Waals surface area (Å²) in [5.41, 5.74) is 0.626. The van der Waals surface area contributed by atoms with Crippen molar-refractivity contribution in [3.8, 4) is 11.8 Å². The monoisotopic (exact) mass is 265 g/mol. The van der Waals surface area contributed by atoms with Gasteiger partial charge in [0, 0.05) is 4.47 Å². The number of nitriles is 1. The number of ether oxygens (including phenoxy) is 1. The molecule has 0 heterocycles. The Kier molecular flexibility index (Phi) is 3.27. The van der Waals surface area contributed by atoms with Gasteiger partial charge >= 0.3 is 0 Å². The SMILES string of the molecule is N#Cc1cc(OCC2CCC2)ccc1Br. The van der Waals surface area contributed by atoms with Gasteiger partial charge in [-0.15, -0.1) is 0 Å². The summed E-state index contributed by atoms with van der Waals surface area (Å²) in [5.74, 6) is 1.51. The molecule has 0 bridgehead atoms. The standard InChI is InChI=1S/C12H12BrNO/c13-12-5-4-11(6-10(12)7-14)15-8-9-2-1-3-9/h4-6,9H,1-3,8H2. The van der Waals surface area contributed by atoms with Crippen LogP contribution in [0, 0.1) is 17.2 Å². The lowest BCUT2D eigenvalue weighted by molar-refractivity contribution is 0.180. The lowest BCUT2D eigenvalue weighted by Crippen LogP contribution is -2.19. The van der Waals surface area contributed by atoms with Gasteiger partial charge in [-0.2, -0.15) is 5.26 Å². The van der Waals surface area contributed by atoms with Crippen molar-refractivity contribution in [1.82, 2.24) is 0 Å². The Labute approximate surface area is 98.0 Å². The zero-order valence-electron chi connectivity index (χ0n) is 8.37. The van der Waals surface area contributed by atoms with Crippen LogP contribution in [-0.2, 0) is 0 Å². The molecule has 0 saturated heterocycles. The fourth-order valence-electron chi connectivity index (χ4n) is 1.55. The summed E-state index contributed by atoms with van der Waals surface area (Å²) in [6.07, 6.45) is 3.89. The van der Waals surface area contributed by atoms with Crippen molar-refractivity contribution in [2.45, 2.75) is 19.3 Å². The van der Waals surface area contributed by atoms with Crippen LogP contribution in [0.2, 0.25) is 0 Å². The molecule has 0 amide bonds. The van der Waals surface area contributed by atoms with E-state index in [4.69, 9.17) is 10.00 Å². The highest BCUT2D eigenvalue weighted by Crippen LogP contribution is 2.28. The molecular formula is C12H12BrNO. The quantitative estimate of drug-likeness (QED) is 0.838. The molecule has 0 radical (unpaired) electrons. The molecule has 0 atom stereocenters. The van der Waals surface area contributed by atoms with Crippen LogP contribution in [0.1, 0.15) is 24.8 Å². The average molecular weight is 266 g/mol. The molecule has 1 aromatic carbocycles. The molecule has 0 N–H and O–H groups in total. The molecule has 0 unspecified atom stereocenters. The van der Waals surface area contributed by atoms with Gasteiger partial charge in [0.2, 0.25) is 0 Å². The van der Waals surface area contributed by atoms with Gasteiger partial charge in [-0.25, -0.2) is 0 Å². The Morgan fingerprint density at radius 2 is 2.27 bits per heavy atom. The van der Waals surface area contributed by atoms with Crippen molar-refractivity contribution in [2.24, 2.45) is 5.92 Å². The van der Waals surface area contributed by atoms with Crippen LogP contribution < -0.4 is 4.74 Å². The third-order valence-electron chi connectivity index (χ3n) is 2.77. The van der Waals surface area contributed by atoms with E-state index in [1.165, 1.54) is 19.3 Å². The molecule has 2 nitrogen and oxygen atoms in total. The summed E-state index contributed by atoms with van der Waals surface area (Å²) >= 11 is 3.32. The van der Waals surface area contributed by atoms with E-state index < -0.39 is 0 Å². The molecule has 0 spiro atoms. The maximum absolute atomic E-state index is 8.84. The zero-order valence-corrected chi connectivity index (χ0v) is 9.96. The predicted molar refractivity (Wildman–Crippen MR) is 61.7 cm³/mol. The van der Waals surface area contributed by atoms with Gasteiger partial charge in [0.1, 0.15) is 11.8 Å². The molecule has 2 rings (SSSR count). The molecule has 0 aliphatic heterocycles. The number of hydrogen-bond donors (Lipinski definition) is 0. The van der Waals surface area contributed by atoms with Crippen molar-refractivity contribution in [3.63, 3.8) is 0 Å². The fourth-order valence-corrected chi connectivity index (χ4v) is 1.89.